The van der Waals surface area contributed by atoms with Crippen LogP contribution < -0.4 is 19.1 Å². The lowest BCUT2D eigenvalue weighted by Crippen LogP contribution is -2.53. The number of unbranched alkanes of at least 4 members (excludes halogenated alkanes) is 1. The number of carbonyl (C=O) groups is 2. The van der Waals surface area contributed by atoms with Crippen LogP contribution in [0, 0.1) is 0 Å². The summed E-state index contributed by atoms with van der Waals surface area (Å²) < 4.78 is 40.0. The van der Waals surface area contributed by atoms with Crippen LogP contribution >= 0.6 is 11.6 Å². The van der Waals surface area contributed by atoms with Gasteiger partial charge in [0.1, 0.15) is 24.1 Å². The molecular weight excluding hydrogens is 638 g/mol. The van der Waals surface area contributed by atoms with E-state index in [0.717, 1.165) is 22.7 Å². The highest BCUT2D eigenvalue weighted by atomic mass is 35.5. The molecule has 248 valence electrons. The summed E-state index contributed by atoms with van der Waals surface area (Å²) in [5.74, 6) is 0.170. The van der Waals surface area contributed by atoms with Gasteiger partial charge >= 0.3 is 0 Å². The summed E-state index contributed by atoms with van der Waals surface area (Å²) >= 11 is 6.30. The first-order valence-electron chi connectivity index (χ1n) is 15.3. The Labute approximate surface area is 282 Å². The van der Waals surface area contributed by atoms with Crippen molar-refractivity contribution < 1.29 is 27.5 Å². The second kappa shape index (κ2) is 16.9. The van der Waals surface area contributed by atoms with Gasteiger partial charge in [0.2, 0.25) is 11.8 Å². The summed E-state index contributed by atoms with van der Waals surface area (Å²) in [4.78, 5) is 29.9. The average molecular weight is 678 g/mol. The number of sulfonamides is 1. The molecule has 0 radical (unpaired) electrons. The Kier molecular flexibility index (Phi) is 12.7. The fourth-order valence-electron chi connectivity index (χ4n) is 5.06. The van der Waals surface area contributed by atoms with Gasteiger partial charge in [-0.25, -0.2) is 8.42 Å². The number of carbonyl (C=O) groups excluding carboxylic acids is 2. The van der Waals surface area contributed by atoms with E-state index in [4.69, 9.17) is 21.1 Å². The van der Waals surface area contributed by atoms with E-state index in [9.17, 15) is 18.0 Å². The van der Waals surface area contributed by atoms with Gasteiger partial charge in [-0.15, -0.1) is 0 Å². The Morgan fingerprint density at radius 3 is 2.17 bits per heavy atom. The number of benzene rings is 4. The maximum atomic E-state index is 14.6. The number of amides is 2. The molecule has 4 aromatic rings. The van der Waals surface area contributed by atoms with Crippen LogP contribution in [0.4, 0.5) is 5.69 Å². The van der Waals surface area contributed by atoms with Crippen molar-refractivity contribution in [2.45, 2.75) is 43.7 Å². The monoisotopic (exact) mass is 677 g/mol. The van der Waals surface area contributed by atoms with Gasteiger partial charge in [0.15, 0.2) is 0 Å². The molecule has 0 saturated heterocycles. The molecule has 11 heteroatoms. The summed E-state index contributed by atoms with van der Waals surface area (Å²) in [5.41, 5.74) is 1.77. The zero-order valence-corrected chi connectivity index (χ0v) is 28.3. The standard InChI is InChI=1S/C36H40ClN3O6S/c1-4-5-21-38-36(42)34(23-27-11-7-6-8-12-27)39(25-28-13-9-16-32(22-28)46-3)35(41)26-40(30-15-10-14-29(37)24-30)47(43,44)33-19-17-31(45-2)18-20-33/h6-20,22,24,34H,4-5,21,23,25-26H2,1-3H3,(H,38,42)/t34-/m1/s1. The topological polar surface area (TPSA) is 105 Å². The summed E-state index contributed by atoms with van der Waals surface area (Å²) in [6.45, 7) is 1.91. The average Bonchev–Trinajstić information content (AvgIpc) is 3.09. The van der Waals surface area contributed by atoms with E-state index in [1.165, 1.54) is 42.3 Å². The maximum absolute atomic E-state index is 14.6. The molecule has 0 aliphatic rings. The predicted molar refractivity (Wildman–Crippen MR) is 184 cm³/mol. The third-order valence-corrected chi connectivity index (χ3v) is 9.63. The molecule has 0 saturated carbocycles. The first-order valence-corrected chi connectivity index (χ1v) is 17.1. The van der Waals surface area contributed by atoms with Crippen LogP contribution in [0.1, 0.15) is 30.9 Å². The summed E-state index contributed by atoms with van der Waals surface area (Å²) in [6.07, 6.45) is 1.88. The van der Waals surface area contributed by atoms with E-state index in [0.29, 0.717) is 28.6 Å². The van der Waals surface area contributed by atoms with E-state index >= 15 is 0 Å². The minimum absolute atomic E-state index is 0.0285. The van der Waals surface area contributed by atoms with Crippen molar-refractivity contribution in [2.75, 3.05) is 31.6 Å². The van der Waals surface area contributed by atoms with Gasteiger partial charge in [-0.05, 0) is 72.1 Å². The van der Waals surface area contributed by atoms with E-state index < -0.39 is 28.5 Å². The summed E-state index contributed by atoms with van der Waals surface area (Å²) in [5, 5.41) is 3.29. The van der Waals surface area contributed by atoms with Crippen LogP contribution in [0.3, 0.4) is 0 Å². The van der Waals surface area contributed by atoms with Crippen LogP contribution in [0.25, 0.3) is 0 Å². The second-order valence-corrected chi connectivity index (χ2v) is 13.2. The Bertz CT molecular complexity index is 1740. The summed E-state index contributed by atoms with van der Waals surface area (Å²) in [7, 11) is -1.24. The lowest BCUT2D eigenvalue weighted by molar-refractivity contribution is -0.140. The largest absolute Gasteiger partial charge is 0.497 e. The number of nitrogens with zero attached hydrogens (tertiary/aromatic N) is 2. The molecule has 0 aromatic heterocycles. The Morgan fingerprint density at radius 2 is 1.51 bits per heavy atom. The number of halogens is 1. The van der Waals surface area contributed by atoms with Gasteiger partial charge in [-0.2, -0.15) is 0 Å². The van der Waals surface area contributed by atoms with Crippen LogP contribution in [-0.2, 0) is 32.6 Å². The number of hydrogen-bond donors (Lipinski definition) is 1. The van der Waals surface area contributed by atoms with Crippen molar-refractivity contribution in [3.63, 3.8) is 0 Å². The van der Waals surface area contributed by atoms with Crippen molar-refractivity contribution in [3.8, 4) is 11.5 Å². The van der Waals surface area contributed by atoms with E-state index in [-0.39, 0.29) is 29.5 Å². The van der Waals surface area contributed by atoms with Gasteiger partial charge < -0.3 is 19.7 Å². The molecule has 0 unspecified atom stereocenters. The molecule has 2 amide bonds. The molecule has 0 bridgehead atoms. The number of hydrogen-bond acceptors (Lipinski definition) is 6. The van der Waals surface area contributed by atoms with Crippen molar-refractivity contribution in [1.29, 1.82) is 0 Å². The third kappa shape index (κ3) is 9.49. The highest BCUT2D eigenvalue weighted by molar-refractivity contribution is 7.92. The van der Waals surface area contributed by atoms with Crippen LogP contribution in [0.5, 0.6) is 11.5 Å². The SMILES string of the molecule is CCCCNC(=O)[C@@H](Cc1ccccc1)N(Cc1cccc(OC)c1)C(=O)CN(c1cccc(Cl)c1)S(=O)(=O)c1ccc(OC)cc1. The van der Waals surface area contributed by atoms with Gasteiger partial charge in [-0.3, -0.25) is 13.9 Å². The Hall–Kier alpha value is -4.54. The molecule has 47 heavy (non-hydrogen) atoms. The highest BCUT2D eigenvalue weighted by Crippen LogP contribution is 2.28. The Balaban J connectivity index is 1.80. The molecule has 0 aliphatic carbocycles. The quantitative estimate of drug-likeness (QED) is 0.144. The lowest BCUT2D eigenvalue weighted by atomic mass is 10.0. The number of ether oxygens (including phenoxy) is 2. The molecule has 1 N–H and O–H groups in total. The molecule has 9 nitrogen and oxygen atoms in total. The normalized spacial score (nSPS) is 11.7. The third-order valence-electron chi connectivity index (χ3n) is 7.61. The number of anilines is 1. The second-order valence-electron chi connectivity index (χ2n) is 10.9. The number of methoxy groups -OCH3 is 2. The van der Waals surface area contributed by atoms with Gasteiger partial charge in [0.05, 0.1) is 24.8 Å². The fourth-order valence-corrected chi connectivity index (χ4v) is 6.65. The minimum Gasteiger partial charge on any atom is -0.497 e. The molecule has 1 atom stereocenters. The molecule has 0 spiro atoms. The van der Waals surface area contributed by atoms with Crippen molar-refractivity contribution >= 4 is 39.1 Å². The van der Waals surface area contributed by atoms with E-state index in [1.54, 1.807) is 43.5 Å². The molecule has 4 aromatic carbocycles. The van der Waals surface area contributed by atoms with Crippen LogP contribution in [0.15, 0.2) is 108 Å². The fraction of sp³-hybridized carbons (Fsp3) is 0.278. The van der Waals surface area contributed by atoms with Gasteiger partial charge in [0.25, 0.3) is 10.0 Å². The van der Waals surface area contributed by atoms with Crippen LogP contribution in [-0.4, -0.2) is 58.5 Å². The smallest absolute Gasteiger partial charge is 0.264 e. The predicted octanol–water partition coefficient (Wildman–Crippen LogP) is 6.11. The maximum Gasteiger partial charge on any atom is 0.264 e. The van der Waals surface area contributed by atoms with Crippen molar-refractivity contribution in [3.05, 3.63) is 119 Å². The highest BCUT2D eigenvalue weighted by Gasteiger charge is 2.34. The zero-order chi connectivity index (χ0) is 33.8. The lowest BCUT2D eigenvalue weighted by Gasteiger charge is -2.34. The summed E-state index contributed by atoms with van der Waals surface area (Å²) in [6, 6.07) is 27.9. The van der Waals surface area contributed by atoms with E-state index in [1.807, 2.05) is 43.3 Å². The number of rotatable bonds is 16. The molecule has 0 heterocycles. The van der Waals surface area contributed by atoms with Gasteiger partial charge in [-0.1, -0.05) is 73.5 Å². The van der Waals surface area contributed by atoms with Crippen molar-refractivity contribution in [1.82, 2.24) is 10.2 Å². The Morgan fingerprint density at radius 1 is 0.830 bits per heavy atom. The molecular formula is C36H40ClN3O6S. The number of nitrogens with one attached hydrogen (secondary N) is 1. The van der Waals surface area contributed by atoms with Crippen molar-refractivity contribution in [2.24, 2.45) is 0 Å². The van der Waals surface area contributed by atoms with E-state index in [2.05, 4.69) is 5.32 Å². The zero-order valence-electron chi connectivity index (χ0n) is 26.8. The van der Waals surface area contributed by atoms with Gasteiger partial charge in [0, 0.05) is 24.5 Å². The minimum atomic E-state index is -4.28. The molecule has 0 aliphatic heterocycles. The molecule has 4 rings (SSSR count). The molecule has 0 fully saturated rings. The first kappa shape index (κ1) is 35.3. The van der Waals surface area contributed by atoms with Crippen LogP contribution in [0.2, 0.25) is 5.02 Å². The first-order chi connectivity index (χ1) is 22.7.